The molecule has 0 unspecified atom stereocenters. The van der Waals surface area contributed by atoms with Crippen molar-refractivity contribution < 1.29 is 4.74 Å². The molecule has 5 heteroatoms. The van der Waals surface area contributed by atoms with E-state index in [2.05, 4.69) is 41.8 Å². The molecular formula is C16H21BrN2O2. The van der Waals surface area contributed by atoms with E-state index >= 15 is 0 Å². The highest BCUT2D eigenvalue weighted by atomic mass is 79.9. The van der Waals surface area contributed by atoms with E-state index in [1.54, 1.807) is 4.68 Å². The van der Waals surface area contributed by atoms with Gasteiger partial charge in [0.15, 0.2) is 0 Å². The Morgan fingerprint density at radius 3 is 2.48 bits per heavy atom. The van der Waals surface area contributed by atoms with Gasteiger partial charge in [0.05, 0.1) is 12.3 Å². The average molecular weight is 353 g/mol. The summed E-state index contributed by atoms with van der Waals surface area (Å²) in [6, 6.07) is 9.69. The first-order valence-electron chi connectivity index (χ1n) is 7.06. The lowest BCUT2D eigenvalue weighted by atomic mass is 9.93. The molecule has 0 atom stereocenters. The summed E-state index contributed by atoms with van der Waals surface area (Å²) < 4.78 is 7.89. The third kappa shape index (κ3) is 4.00. The summed E-state index contributed by atoms with van der Waals surface area (Å²) in [4.78, 5) is 12.1. The van der Waals surface area contributed by atoms with E-state index in [9.17, 15) is 4.79 Å². The van der Waals surface area contributed by atoms with Gasteiger partial charge in [0.1, 0.15) is 10.2 Å². The van der Waals surface area contributed by atoms with E-state index in [1.165, 1.54) is 0 Å². The molecule has 1 N–H and O–H groups in total. The molecule has 0 spiro atoms. The minimum atomic E-state index is -0.0935. The average Bonchev–Trinajstić information content (AvgIpc) is 2.73. The summed E-state index contributed by atoms with van der Waals surface area (Å²) in [5.41, 5.74) is 0.820. The Balaban J connectivity index is 1.94. The van der Waals surface area contributed by atoms with E-state index in [0.717, 1.165) is 17.9 Å². The molecule has 0 radical (unpaired) electrons. The molecule has 0 aliphatic heterocycles. The number of aromatic nitrogens is 2. The number of aromatic amines is 1. The van der Waals surface area contributed by atoms with Crippen molar-refractivity contribution in [2.45, 2.75) is 39.2 Å². The van der Waals surface area contributed by atoms with Gasteiger partial charge in [-0.2, -0.15) is 0 Å². The molecule has 0 fully saturated rings. The molecule has 1 aromatic carbocycles. The fourth-order valence-corrected chi connectivity index (χ4v) is 2.94. The van der Waals surface area contributed by atoms with Crippen molar-refractivity contribution in [3.8, 4) is 5.75 Å². The van der Waals surface area contributed by atoms with Crippen LogP contribution in [-0.2, 0) is 12.0 Å². The first kappa shape index (κ1) is 15.9. The number of benzene rings is 1. The zero-order valence-electron chi connectivity index (χ0n) is 12.6. The predicted octanol–water partition coefficient (Wildman–Crippen LogP) is 3.71. The highest BCUT2D eigenvalue weighted by Crippen LogP contribution is 2.25. The third-order valence-electron chi connectivity index (χ3n) is 3.19. The molecule has 1 aromatic heterocycles. The third-order valence-corrected chi connectivity index (χ3v) is 3.92. The quantitative estimate of drug-likeness (QED) is 0.833. The van der Waals surface area contributed by atoms with Crippen molar-refractivity contribution in [3.05, 3.63) is 50.9 Å². The second-order valence-electron chi connectivity index (χ2n) is 6.02. The number of ether oxygens (including phenoxy) is 1. The Morgan fingerprint density at radius 1 is 1.24 bits per heavy atom. The maximum atomic E-state index is 12.1. The van der Waals surface area contributed by atoms with Crippen LogP contribution in [0.3, 0.4) is 0 Å². The van der Waals surface area contributed by atoms with Gasteiger partial charge in [0.25, 0.3) is 5.56 Å². The molecule has 0 saturated heterocycles. The van der Waals surface area contributed by atoms with Crippen LogP contribution in [0.15, 0.2) is 39.6 Å². The summed E-state index contributed by atoms with van der Waals surface area (Å²) in [6.45, 7) is 7.42. The van der Waals surface area contributed by atoms with Crippen molar-refractivity contribution in [3.63, 3.8) is 0 Å². The van der Waals surface area contributed by atoms with Crippen molar-refractivity contribution in [2.75, 3.05) is 6.61 Å². The molecule has 2 aromatic rings. The Bertz CT molecular complexity index is 639. The van der Waals surface area contributed by atoms with Crippen molar-refractivity contribution in [1.82, 2.24) is 9.78 Å². The van der Waals surface area contributed by atoms with Crippen molar-refractivity contribution >= 4 is 15.9 Å². The van der Waals surface area contributed by atoms with Gasteiger partial charge >= 0.3 is 0 Å². The molecule has 0 bridgehead atoms. The van der Waals surface area contributed by atoms with Crippen LogP contribution in [0.25, 0.3) is 0 Å². The largest absolute Gasteiger partial charge is 0.494 e. The van der Waals surface area contributed by atoms with Crippen LogP contribution < -0.4 is 10.3 Å². The van der Waals surface area contributed by atoms with Gasteiger partial charge in [0.2, 0.25) is 0 Å². The first-order chi connectivity index (χ1) is 9.89. The molecule has 4 nitrogen and oxygen atoms in total. The SMILES string of the molecule is CC(C)(C)c1[nH]n(CCCOc2ccccc2)c(=O)c1Br. The molecule has 21 heavy (non-hydrogen) atoms. The Morgan fingerprint density at radius 2 is 1.90 bits per heavy atom. The minimum Gasteiger partial charge on any atom is -0.494 e. The number of aryl methyl sites for hydroxylation is 1. The number of H-pyrrole nitrogens is 1. The Kier molecular flexibility index (Phi) is 4.93. The summed E-state index contributed by atoms with van der Waals surface area (Å²) in [7, 11) is 0. The topological polar surface area (TPSA) is 47.0 Å². The zero-order valence-corrected chi connectivity index (χ0v) is 14.2. The van der Waals surface area contributed by atoms with Crippen molar-refractivity contribution in [1.29, 1.82) is 0 Å². The van der Waals surface area contributed by atoms with Crippen LogP contribution in [0.2, 0.25) is 0 Å². The van der Waals surface area contributed by atoms with Crippen molar-refractivity contribution in [2.24, 2.45) is 0 Å². The minimum absolute atomic E-state index is 0.0142. The van der Waals surface area contributed by atoms with E-state index in [0.29, 0.717) is 17.6 Å². The van der Waals surface area contributed by atoms with Crippen LogP contribution in [0.1, 0.15) is 32.9 Å². The maximum Gasteiger partial charge on any atom is 0.281 e. The molecular weight excluding hydrogens is 332 g/mol. The lowest BCUT2D eigenvalue weighted by Crippen LogP contribution is -2.18. The highest BCUT2D eigenvalue weighted by Gasteiger charge is 2.22. The number of hydrogen-bond acceptors (Lipinski definition) is 2. The smallest absolute Gasteiger partial charge is 0.281 e. The number of para-hydroxylation sites is 1. The molecule has 0 amide bonds. The molecule has 114 valence electrons. The van der Waals surface area contributed by atoms with Crippen LogP contribution in [-0.4, -0.2) is 16.4 Å². The van der Waals surface area contributed by atoms with E-state index < -0.39 is 0 Å². The van der Waals surface area contributed by atoms with Crippen LogP contribution >= 0.6 is 15.9 Å². The monoisotopic (exact) mass is 352 g/mol. The number of rotatable bonds is 5. The standard InChI is InChI=1S/C16H21BrN2O2/c1-16(2,3)14-13(17)15(20)19(18-14)10-7-11-21-12-8-5-4-6-9-12/h4-6,8-9,18H,7,10-11H2,1-3H3. The Hall–Kier alpha value is -1.49. The molecule has 1 heterocycles. The summed E-state index contributed by atoms with van der Waals surface area (Å²) in [5, 5.41) is 3.19. The number of nitrogens with one attached hydrogen (secondary N) is 1. The normalized spacial score (nSPS) is 11.6. The molecule has 0 saturated carbocycles. The Labute approximate surface area is 133 Å². The predicted molar refractivity (Wildman–Crippen MR) is 88.0 cm³/mol. The summed E-state index contributed by atoms with van der Waals surface area (Å²) in [6.07, 6.45) is 0.769. The van der Waals surface area contributed by atoms with Gasteiger partial charge in [-0.05, 0) is 28.1 Å². The fraction of sp³-hybridized carbons (Fsp3) is 0.438. The van der Waals surface area contributed by atoms with Gasteiger partial charge in [-0.1, -0.05) is 39.0 Å². The van der Waals surface area contributed by atoms with Crippen LogP contribution in [0.5, 0.6) is 5.75 Å². The van der Waals surface area contributed by atoms with Gasteiger partial charge in [0, 0.05) is 18.4 Å². The second kappa shape index (κ2) is 6.52. The van der Waals surface area contributed by atoms with Gasteiger partial charge in [-0.3, -0.25) is 14.6 Å². The second-order valence-corrected chi connectivity index (χ2v) is 6.82. The lowest BCUT2D eigenvalue weighted by molar-refractivity contribution is 0.297. The highest BCUT2D eigenvalue weighted by molar-refractivity contribution is 9.10. The molecule has 2 rings (SSSR count). The molecule has 0 aliphatic rings. The van der Waals surface area contributed by atoms with Crippen LogP contribution in [0, 0.1) is 0 Å². The van der Waals surface area contributed by atoms with E-state index in [-0.39, 0.29) is 11.0 Å². The first-order valence-corrected chi connectivity index (χ1v) is 7.85. The summed E-state index contributed by atoms with van der Waals surface area (Å²) >= 11 is 3.39. The lowest BCUT2D eigenvalue weighted by Gasteiger charge is -2.16. The fourth-order valence-electron chi connectivity index (χ4n) is 2.04. The number of halogens is 1. The maximum absolute atomic E-state index is 12.1. The summed E-state index contributed by atoms with van der Waals surface area (Å²) in [5.74, 6) is 0.855. The van der Waals surface area contributed by atoms with E-state index in [1.807, 2.05) is 30.3 Å². The van der Waals surface area contributed by atoms with Gasteiger partial charge < -0.3 is 4.74 Å². The van der Waals surface area contributed by atoms with Crippen LogP contribution in [0.4, 0.5) is 0 Å². The molecule has 0 aliphatic carbocycles. The van der Waals surface area contributed by atoms with E-state index in [4.69, 9.17) is 4.74 Å². The van der Waals surface area contributed by atoms with Gasteiger partial charge in [-0.15, -0.1) is 0 Å². The number of nitrogens with zero attached hydrogens (tertiary/aromatic N) is 1. The zero-order chi connectivity index (χ0) is 15.5. The number of hydrogen-bond donors (Lipinski definition) is 1. The van der Waals surface area contributed by atoms with Gasteiger partial charge in [-0.25, -0.2) is 0 Å².